The van der Waals surface area contributed by atoms with Crippen molar-refractivity contribution in [3.8, 4) is 0 Å². The first-order valence-corrected chi connectivity index (χ1v) is 8.89. The molecule has 1 saturated heterocycles. The molecule has 5 nitrogen and oxygen atoms in total. The minimum atomic E-state index is -0.221. The van der Waals surface area contributed by atoms with Gasteiger partial charge in [0.25, 0.3) is 0 Å². The minimum Gasteiger partial charge on any atom is -0.369 e. The fourth-order valence-electron chi connectivity index (χ4n) is 3.80. The average Bonchev–Trinajstić information content (AvgIpc) is 3.30. The summed E-state index contributed by atoms with van der Waals surface area (Å²) in [6.45, 7) is 1.64. The summed E-state index contributed by atoms with van der Waals surface area (Å²) in [6.07, 6.45) is 6.71. The molecule has 2 aliphatic rings. The maximum Gasteiger partial charge on any atom is 0.224 e. The molecule has 0 unspecified atom stereocenters. The van der Waals surface area contributed by atoms with Crippen LogP contribution in [0.25, 0.3) is 0 Å². The molecule has 1 saturated carbocycles. The highest BCUT2D eigenvalue weighted by molar-refractivity contribution is 5.83. The van der Waals surface area contributed by atoms with E-state index < -0.39 is 0 Å². The molecular weight excluding hydrogens is 319 g/mol. The van der Waals surface area contributed by atoms with E-state index in [2.05, 4.69) is 15.3 Å². The van der Waals surface area contributed by atoms with Crippen LogP contribution in [0, 0.1) is 11.7 Å². The summed E-state index contributed by atoms with van der Waals surface area (Å²) in [6, 6.07) is 6.80. The summed E-state index contributed by atoms with van der Waals surface area (Å²) in [7, 11) is 1.89. The number of aryl methyl sites for hydroxylation is 1. The summed E-state index contributed by atoms with van der Waals surface area (Å²) >= 11 is 0. The fourth-order valence-corrected chi connectivity index (χ4v) is 3.80. The van der Waals surface area contributed by atoms with Crippen molar-refractivity contribution in [2.24, 2.45) is 13.0 Å². The number of anilines is 1. The summed E-state index contributed by atoms with van der Waals surface area (Å²) in [5.41, 5.74) is 2.03. The number of hydrogen-bond donors (Lipinski definition) is 1. The Morgan fingerprint density at radius 1 is 1.40 bits per heavy atom. The number of benzene rings is 1. The SMILES string of the molecule is Cn1cc([C@@H]2C[C@@H]2C(=O)N[C@H]2CCCN(c3cccc(F)c3)C2)cn1. The lowest BCUT2D eigenvalue weighted by atomic mass is 10.0. The predicted octanol–water partition coefficient (Wildman–Crippen LogP) is 2.45. The number of rotatable bonds is 4. The molecule has 1 aliphatic carbocycles. The molecule has 1 aliphatic heterocycles. The largest absolute Gasteiger partial charge is 0.369 e. The number of halogens is 1. The van der Waals surface area contributed by atoms with Crippen LogP contribution >= 0.6 is 0 Å². The second kappa shape index (κ2) is 6.50. The highest BCUT2D eigenvalue weighted by atomic mass is 19.1. The lowest BCUT2D eigenvalue weighted by molar-refractivity contribution is -0.123. The van der Waals surface area contributed by atoms with Gasteiger partial charge in [0.1, 0.15) is 5.82 Å². The van der Waals surface area contributed by atoms with Gasteiger partial charge >= 0.3 is 0 Å². The van der Waals surface area contributed by atoms with Crippen LogP contribution in [0.3, 0.4) is 0 Å². The fraction of sp³-hybridized carbons (Fsp3) is 0.474. The number of hydrogen-bond acceptors (Lipinski definition) is 3. The standard InChI is InChI=1S/C19H23FN4O/c1-23-11-13(10-21-23)17-9-18(17)19(25)22-15-5-3-7-24(12-15)16-6-2-4-14(20)8-16/h2,4,6,8,10-11,15,17-18H,3,5,7,9,12H2,1H3,(H,22,25)/t15-,17-,18-/m0/s1. The maximum absolute atomic E-state index is 13.4. The smallest absolute Gasteiger partial charge is 0.224 e. The van der Waals surface area contributed by atoms with E-state index in [1.165, 1.54) is 6.07 Å². The molecule has 3 atom stereocenters. The van der Waals surface area contributed by atoms with Crippen molar-refractivity contribution in [3.05, 3.63) is 48.0 Å². The van der Waals surface area contributed by atoms with Gasteiger partial charge in [0.05, 0.1) is 6.20 Å². The maximum atomic E-state index is 13.4. The summed E-state index contributed by atoms with van der Waals surface area (Å²) in [4.78, 5) is 14.7. The van der Waals surface area contributed by atoms with Crippen LogP contribution in [0.15, 0.2) is 36.7 Å². The molecule has 0 radical (unpaired) electrons. The van der Waals surface area contributed by atoms with Gasteiger partial charge in [-0.2, -0.15) is 5.10 Å². The highest BCUT2D eigenvalue weighted by Gasteiger charge is 2.45. The molecule has 132 valence electrons. The molecule has 1 amide bonds. The molecular formula is C19H23FN4O. The van der Waals surface area contributed by atoms with Crippen LogP contribution in [0.4, 0.5) is 10.1 Å². The second-order valence-corrected chi connectivity index (χ2v) is 7.17. The third kappa shape index (κ3) is 3.52. The molecule has 2 heterocycles. The zero-order chi connectivity index (χ0) is 17.4. The van der Waals surface area contributed by atoms with Crippen LogP contribution in [0.5, 0.6) is 0 Å². The first kappa shape index (κ1) is 16.1. The first-order chi connectivity index (χ1) is 12.1. The lowest BCUT2D eigenvalue weighted by Gasteiger charge is -2.34. The lowest BCUT2D eigenvalue weighted by Crippen LogP contribution is -2.48. The Morgan fingerprint density at radius 2 is 2.28 bits per heavy atom. The number of nitrogens with zero attached hydrogens (tertiary/aromatic N) is 3. The van der Waals surface area contributed by atoms with Gasteiger partial charge in [-0.05, 0) is 48.9 Å². The van der Waals surface area contributed by atoms with Gasteiger partial charge in [0.2, 0.25) is 5.91 Å². The Labute approximate surface area is 146 Å². The van der Waals surface area contributed by atoms with E-state index in [0.29, 0.717) is 5.92 Å². The number of nitrogens with one attached hydrogen (secondary N) is 1. The third-order valence-electron chi connectivity index (χ3n) is 5.22. The molecule has 1 aromatic carbocycles. The highest BCUT2D eigenvalue weighted by Crippen LogP contribution is 2.47. The molecule has 1 aromatic heterocycles. The Morgan fingerprint density at radius 3 is 3.04 bits per heavy atom. The van der Waals surface area contributed by atoms with Gasteiger partial charge in [-0.25, -0.2) is 4.39 Å². The molecule has 2 aromatic rings. The summed E-state index contributed by atoms with van der Waals surface area (Å²) in [5.74, 6) is 0.284. The van der Waals surface area contributed by atoms with Gasteiger partial charge in [0.15, 0.2) is 0 Å². The zero-order valence-electron chi connectivity index (χ0n) is 14.4. The molecule has 1 N–H and O–H groups in total. The Balaban J connectivity index is 1.34. The van der Waals surface area contributed by atoms with Crippen molar-refractivity contribution >= 4 is 11.6 Å². The van der Waals surface area contributed by atoms with Crippen LogP contribution < -0.4 is 10.2 Å². The van der Waals surface area contributed by atoms with Gasteiger partial charge in [0, 0.05) is 44.0 Å². The minimum absolute atomic E-state index is 0.0637. The van der Waals surface area contributed by atoms with Gasteiger partial charge in [-0.1, -0.05) is 6.07 Å². The Bertz CT molecular complexity index is 774. The van der Waals surface area contributed by atoms with E-state index in [-0.39, 0.29) is 23.7 Å². The van der Waals surface area contributed by atoms with Crippen LogP contribution in [-0.4, -0.2) is 34.8 Å². The summed E-state index contributed by atoms with van der Waals surface area (Å²) in [5, 5.41) is 7.39. The normalized spacial score (nSPS) is 25.7. The number of aromatic nitrogens is 2. The second-order valence-electron chi connectivity index (χ2n) is 7.17. The van der Waals surface area contributed by atoms with Crippen molar-refractivity contribution in [1.82, 2.24) is 15.1 Å². The van der Waals surface area contributed by atoms with E-state index in [0.717, 1.165) is 43.6 Å². The van der Waals surface area contributed by atoms with E-state index >= 15 is 0 Å². The van der Waals surface area contributed by atoms with E-state index in [1.807, 2.05) is 25.5 Å². The first-order valence-electron chi connectivity index (χ1n) is 8.89. The quantitative estimate of drug-likeness (QED) is 0.928. The molecule has 6 heteroatoms. The molecule has 0 bridgehead atoms. The Kier molecular flexibility index (Phi) is 4.19. The third-order valence-corrected chi connectivity index (χ3v) is 5.22. The predicted molar refractivity (Wildman–Crippen MR) is 93.8 cm³/mol. The van der Waals surface area contributed by atoms with Crippen molar-refractivity contribution < 1.29 is 9.18 Å². The van der Waals surface area contributed by atoms with Gasteiger partial charge < -0.3 is 10.2 Å². The van der Waals surface area contributed by atoms with Gasteiger partial charge in [-0.15, -0.1) is 0 Å². The van der Waals surface area contributed by atoms with Crippen molar-refractivity contribution in [1.29, 1.82) is 0 Å². The van der Waals surface area contributed by atoms with Crippen molar-refractivity contribution in [2.75, 3.05) is 18.0 Å². The van der Waals surface area contributed by atoms with E-state index in [4.69, 9.17) is 0 Å². The molecule has 4 rings (SSSR count). The topological polar surface area (TPSA) is 50.2 Å². The van der Waals surface area contributed by atoms with E-state index in [1.54, 1.807) is 16.8 Å². The number of amides is 1. The molecule has 25 heavy (non-hydrogen) atoms. The monoisotopic (exact) mass is 342 g/mol. The van der Waals surface area contributed by atoms with Crippen molar-refractivity contribution in [2.45, 2.75) is 31.2 Å². The van der Waals surface area contributed by atoms with Gasteiger partial charge in [-0.3, -0.25) is 9.48 Å². The number of carbonyl (C=O) groups excluding carboxylic acids is 1. The summed E-state index contributed by atoms with van der Waals surface area (Å²) < 4.78 is 15.2. The van der Waals surface area contributed by atoms with Crippen LogP contribution in [-0.2, 0) is 11.8 Å². The van der Waals surface area contributed by atoms with Crippen LogP contribution in [0.1, 0.15) is 30.7 Å². The number of piperidine rings is 1. The Hall–Kier alpha value is -2.37. The zero-order valence-corrected chi connectivity index (χ0v) is 14.4. The number of carbonyl (C=O) groups is 1. The van der Waals surface area contributed by atoms with E-state index in [9.17, 15) is 9.18 Å². The van der Waals surface area contributed by atoms with Crippen molar-refractivity contribution in [3.63, 3.8) is 0 Å². The molecule has 0 spiro atoms. The molecule has 2 fully saturated rings. The average molecular weight is 342 g/mol. The van der Waals surface area contributed by atoms with Crippen LogP contribution in [0.2, 0.25) is 0 Å².